The maximum Gasteiger partial charge on any atom is 0.113 e. The molecule has 0 aliphatic rings. The fraction of sp³-hybridized carbons (Fsp3) is 0.286. The molecule has 3 heteroatoms. The first-order valence-electron chi connectivity index (χ1n) is 5.73. The molecule has 1 aromatic carbocycles. The second-order valence-electron chi connectivity index (χ2n) is 4.22. The van der Waals surface area contributed by atoms with E-state index in [0.717, 1.165) is 10.4 Å². The lowest BCUT2D eigenvalue weighted by molar-refractivity contribution is 0.224. The lowest BCUT2D eigenvalue weighted by Crippen LogP contribution is -2.09. The first-order chi connectivity index (χ1) is 8.22. The molecule has 0 fully saturated rings. The van der Waals surface area contributed by atoms with Crippen molar-refractivity contribution in [1.29, 1.82) is 0 Å². The summed E-state index contributed by atoms with van der Waals surface area (Å²) in [5.74, 6) is 0.364. The third-order valence-electron chi connectivity index (χ3n) is 2.99. The van der Waals surface area contributed by atoms with Gasteiger partial charge in [-0.25, -0.2) is 0 Å². The average Bonchev–Trinajstić information content (AvgIpc) is 2.91. The molecule has 0 saturated carbocycles. The first-order valence-corrected chi connectivity index (χ1v) is 6.61. The Kier molecular flexibility index (Phi) is 3.94. The van der Waals surface area contributed by atoms with Crippen molar-refractivity contribution < 1.29 is 5.11 Å². The molecule has 2 nitrogen and oxygen atoms in total. The van der Waals surface area contributed by atoms with Gasteiger partial charge in [0.25, 0.3) is 0 Å². The number of aliphatic hydroxyl groups is 1. The average molecular weight is 247 g/mol. The molecule has 3 N–H and O–H groups in total. The van der Waals surface area contributed by atoms with Crippen molar-refractivity contribution in [2.75, 3.05) is 6.54 Å². The van der Waals surface area contributed by atoms with Gasteiger partial charge in [0.1, 0.15) is 6.10 Å². The van der Waals surface area contributed by atoms with E-state index in [9.17, 15) is 5.11 Å². The molecule has 0 spiro atoms. The molecule has 2 atom stereocenters. The standard InChI is InChI=1S/C14H17NOS/c1-10(9-15)11-4-6-12(7-5-11)14(16)13-3-2-8-17-13/h2-8,10,14,16H,9,15H2,1H3. The number of rotatable bonds is 4. The highest BCUT2D eigenvalue weighted by Crippen LogP contribution is 2.26. The number of nitrogens with two attached hydrogens (primary N) is 1. The molecule has 2 unspecified atom stereocenters. The highest BCUT2D eigenvalue weighted by molar-refractivity contribution is 7.10. The van der Waals surface area contributed by atoms with E-state index in [0.29, 0.717) is 12.5 Å². The first kappa shape index (κ1) is 12.3. The van der Waals surface area contributed by atoms with E-state index in [-0.39, 0.29) is 0 Å². The lowest BCUT2D eigenvalue weighted by atomic mass is 9.98. The van der Waals surface area contributed by atoms with Crippen molar-refractivity contribution in [1.82, 2.24) is 0 Å². The largest absolute Gasteiger partial charge is 0.383 e. The minimum atomic E-state index is -0.516. The van der Waals surface area contributed by atoms with Crippen molar-refractivity contribution in [2.24, 2.45) is 5.73 Å². The Labute approximate surface area is 106 Å². The lowest BCUT2D eigenvalue weighted by Gasteiger charge is -2.12. The van der Waals surface area contributed by atoms with Gasteiger partial charge in [0, 0.05) is 4.88 Å². The van der Waals surface area contributed by atoms with Gasteiger partial charge >= 0.3 is 0 Å². The van der Waals surface area contributed by atoms with Crippen molar-refractivity contribution in [3.05, 3.63) is 57.8 Å². The van der Waals surface area contributed by atoms with Crippen LogP contribution in [0.3, 0.4) is 0 Å². The van der Waals surface area contributed by atoms with Crippen LogP contribution in [-0.4, -0.2) is 11.7 Å². The Morgan fingerprint density at radius 1 is 1.18 bits per heavy atom. The van der Waals surface area contributed by atoms with Gasteiger partial charge in [-0.2, -0.15) is 0 Å². The van der Waals surface area contributed by atoms with Crippen LogP contribution in [0.1, 0.15) is 34.9 Å². The second kappa shape index (κ2) is 5.45. The molecule has 0 aliphatic heterocycles. The molecule has 0 aliphatic carbocycles. The highest BCUT2D eigenvalue weighted by Gasteiger charge is 2.11. The molecular weight excluding hydrogens is 230 g/mol. The van der Waals surface area contributed by atoms with Crippen molar-refractivity contribution >= 4 is 11.3 Å². The SMILES string of the molecule is CC(CN)c1ccc(C(O)c2cccs2)cc1. The number of aliphatic hydroxyl groups excluding tert-OH is 1. The quantitative estimate of drug-likeness (QED) is 0.872. The molecule has 1 heterocycles. The summed E-state index contributed by atoms with van der Waals surface area (Å²) in [6.07, 6.45) is -0.516. The zero-order chi connectivity index (χ0) is 12.3. The molecule has 0 amide bonds. The third kappa shape index (κ3) is 2.75. The summed E-state index contributed by atoms with van der Waals surface area (Å²) in [5.41, 5.74) is 7.78. The molecular formula is C14H17NOS. The van der Waals surface area contributed by atoms with Gasteiger partial charge in [0.2, 0.25) is 0 Å². The summed E-state index contributed by atoms with van der Waals surface area (Å²) < 4.78 is 0. The summed E-state index contributed by atoms with van der Waals surface area (Å²) in [6.45, 7) is 2.75. The Morgan fingerprint density at radius 3 is 2.35 bits per heavy atom. The molecule has 1 aromatic heterocycles. The molecule has 0 bridgehead atoms. The van der Waals surface area contributed by atoms with Crippen LogP contribution in [0.4, 0.5) is 0 Å². The van der Waals surface area contributed by atoms with E-state index >= 15 is 0 Å². The fourth-order valence-corrected chi connectivity index (χ4v) is 2.49. The highest BCUT2D eigenvalue weighted by atomic mass is 32.1. The van der Waals surface area contributed by atoms with Crippen LogP contribution < -0.4 is 5.73 Å². The minimum Gasteiger partial charge on any atom is -0.383 e. The van der Waals surface area contributed by atoms with Crippen LogP contribution >= 0.6 is 11.3 Å². The number of hydrogen-bond donors (Lipinski definition) is 2. The van der Waals surface area contributed by atoms with E-state index < -0.39 is 6.10 Å². The number of benzene rings is 1. The Bertz CT molecular complexity index is 450. The predicted molar refractivity (Wildman–Crippen MR) is 72.3 cm³/mol. The van der Waals surface area contributed by atoms with E-state index in [4.69, 9.17) is 5.73 Å². The summed E-state index contributed by atoms with van der Waals surface area (Å²) in [7, 11) is 0. The Morgan fingerprint density at radius 2 is 1.82 bits per heavy atom. The Balaban J connectivity index is 2.18. The summed E-state index contributed by atoms with van der Waals surface area (Å²) >= 11 is 1.57. The minimum absolute atomic E-state index is 0.364. The van der Waals surface area contributed by atoms with Gasteiger partial charge in [-0.15, -0.1) is 11.3 Å². The fourth-order valence-electron chi connectivity index (χ4n) is 1.75. The molecule has 2 aromatic rings. The van der Waals surface area contributed by atoms with Crippen molar-refractivity contribution in [3.63, 3.8) is 0 Å². The van der Waals surface area contributed by atoms with Gasteiger partial charge in [0.15, 0.2) is 0 Å². The van der Waals surface area contributed by atoms with Crippen LogP contribution in [0, 0.1) is 0 Å². The van der Waals surface area contributed by atoms with E-state index in [1.807, 2.05) is 41.8 Å². The van der Waals surface area contributed by atoms with Gasteiger partial charge in [-0.05, 0) is 35.0 Å². The van der Waals surface area contributed by atoms with Gasteiger partial charge < -0.3 is 10.8 Å². The summed E-state index contributed by atoms with van der Waals surface area (Å²) in [4.78, 5) is 0.977. The smallest absolute Gasteiger partial charge is 0.113 e. The Hall–Kier alpha value is -1.16. The van der Waals surface area contributed by atoms with E-state index in [1.54, 1.807) is 11.3 Å². The number of hydrogen-bond acceptors (Lipinski definition) is 3. The van der Waals surface area contributed by atoms with E-state index in [2.05, 4.69) is 6.92 Å². The monoisotopic (exact) mass is 247 g/mol. The van der Waals surface area contributed by atoms with Crippen LogP contribution in [0.2, 0.25) is 0 Å². The van der Waals surface area contributed by atoms with Crippen LogP contribution in [-0.2, 0) is 0 Å². The molecule has 0 saturated heterocycles. The molecule has 90 valence electrons. The summed E-state index contributed by atoms with van der Waals surface area (Å²) in [5, 5.41) is 12.1. The maximum atomic E-state index is 10.2. The predicted octanol–water partition coefficient (Wildman–Crippen LogP) is 2.89. The number of thiophene rings is 1. The normalized spacial score (nSPS) is 14.5. The molecule has 0 radical (unpaired) electrons. The van der Waals surface area contributed by atoms with Crippen LogP contribution in [0.5, 0.6) is 0 Å². The third-order valence-corrected chi connectivity index (χ3v) is 3.91. The molecule has 2 rings (SSSR count). The van der Waals surface area contributed by atoms with Crippen LogP contribution in [0.15, 0.2) is 41.8 Å². The topological polar surface area (TPSA) is 46.2 Å². The van der Waals surface area contributed by atoms with E-state index in [1.165, 1.54) is 5.56 Å². The van der Waals surface area contributed by atoms with Crippen LogP contribution in [0.25, 0.3) is 0 Å². The van der Waals surface area contributed by atoms with Gasteiger partial charge in [0.05, 0.1) is 0 Å². The van der Waals surface area contributed by atoms with Gasteiger partial charge in [-0.3, -0.25) is 0 Å². The zero-order valence-corrected chi connectivity index (χ0v) is 10.7. The zero-order valence-electron chi connectivity index (χ0n) is 9.84. The summed E-state index contributed by atoms with van der Waals surface area (Å²) in [6, 6.07) is 11.9. The van der Waals surface area contributed by atoms with Crippen molar-refractivity contribution in [3.8, 4) is 0 Å². The maximum absolute atomic E-state index is 10.2. The molecule has 17 heavy (non-hydrogen) atoms. The van der Waals surface area contributed by atoms with Gasteiger partial charge in [-0.1, -0.05) is 37.3 Å². The van der Waals surface area contributed by atoms with Crippen molar-refractivity contribution in [2.45, 2.75) is 18.9 Å². The second-order valence-corrected chi connectivity index (χ2v) is 5.20.